The van der Waals surface area contributed by atoms with Gasteiger partial charge in [0.05, 0.1) is 36.4 Å². The van der Waals surface area contributed by atoms with Crippen molar-refractivity contribution in [3.63, 3.8) is 0 Å². The van der Waals surface area contributed by atoms with Gasteiger partial charge in [0.2, 0.25) is 6.79 Å². The van der Waals surface area contributed by atoms with Crippen LogP contribution in [0.25, 0.3) is 0 Å². The molecule has 48 heavy (non-hydrogen) atoms. The normalized spacial score (nSPS) is 25.1. The molecule has 3 aromatic rings. The Bertz CT molecular complexity index is 1930. The van der Waals surface area contributed by atoms with E-state index in [9.17, 15) is 20.0 Å². The number of benzene rings is 3. The van der Waals surface area contributed by atoms with Crippen LogP contribution < -0.4 is 18.9 Å². The molecule has 2 amide bonds. The molecule has 0 radical (unpaired) electrons. The number of fused-ring (bicyclic) bond motifs is 10. The molecule has 246 valence electrons. The van der Waals surface area contributed by atoms with Crippen LogP contribution in [0.15, 0.2) is 43.0 Å². The molecule has 0 aliphatic carbocycles. The third kappa shape index (κ3) is 3.99. The van der Waals surface area contributed by atoms with Gasteiger partial charge in [-0.05, 0) is 57.0 Å². The number of amides is 2. The number of hydrogen-bond donors (Lipinski definition) is 1. The highest BCUT2D eigenvalue weighted by Gasteiger charge is 2.57. The number of carbonyl (C=O) groups is 2. The Labute approximate surface area is 278 Å². The molecule has 0 saturated carbocycles. The maximum Gasteiger partial charge on any atom is 0.261 e. The average Bonchev–Trinajstić information content (AvgIpc) is 3.65. The molecule has 5 aliphatic rings. The largest absolute Gasteiger partial charge is 0.504 e. The van der Waals surface area contributed by atoms with Gasteiger partial charge < -0.3 is 24.1 Å². The minimum atomic E-state index is -0.650. The molecule has 5 atom stereocenters. The lowest BCUT2D eigenvalue weighted by Gasteiger charge is -2.60. The Balaban J connectivity index is 1.37. The second-order valence-electron chi connectivity index (χ2n) is 13.1. The van der Waals surface area contributed by atoms with E-state index in [0.717, 1.165) is 33.4 Å². The zero-order chi connectivity index (χ0) is 33.6. The zero-order valence-corrected chi connectivity index (χ0v) is 27.3. The maximum absolute atomic E-state index is 13.8. The quantitative estimate of drug-likeness (QED) is 0.304. The minimum absolute atomic E-state index is 0.00670. The first-order valence-electron chi connectivity index (χ1n) is 16.1. The average molecular weight is 649 g/mol. The van der Waals surface area contributed by atoms with Crippen molar-refractivity contribution < 1.29 is 33.6 Å². The highest BCUT2D eigenvalue weighted by atomic mass is 16.7. The number of rotatable bonds is 6. The lowest BCUT2D eigenvalue weighted by atomic mass is 9.71. The van der Waals surface area contributed by atoms with Crippen LogP contribution in [-0.2, 0) is 12.8 Å². The summed E-state index contributed by atoms with van der Waals surface area (Å²) in [6.07, 6.45) is 2.64. The molecular weight excluding hydrogens is 612 g/mol. The number of phenols is 1. The number of piperazine rings is 1. The number of aryl methyl sites for hydroxylation is 1. The van der Waals surface area contributed by atoms with Crippen LogP contribution in [0.1, 0.15) is 66.2 Å². The van der Waals surface area contributed by atoms with Crippen LogP contribution in [0.2, 0.25) is 0 Å². The Morgan fingerprint density at radius 2 is 1.77 bits per heavy atom. The van der Waals surface area contributed by atoms with E-state index in [1.165, 1.54) is 4.90 Å². The summed E-state index contributed by atoms with van der Waals surface area (Å²) in [5.74, 6) is 1.46. The molecule has 2 unspecified atom stereocenters. The number of phenolic OH excluding ortho intramolecular Hbond substituents is 1. The van der Waals surface area contributed by atoms with E-state index in [2.05, 4.69) is 28.5 Å². The molecule has 3 aromatic carbocycles. The second kappa shape index (κ2) is 11.0. The summed E-state index contributed by atoms with van der Waals surface area (Å²) in [6.45, 7) is 7.92. The van der Waals surface area contributed by atoms with Gasteiger partial charge in [0, 0.05) is 40.9 Å². The second-order valence-corrected chi connectivity index (χ2v) is 13.1. The van der Waals surface area contributed by atoms with Crippen LogP contribution in [-0.4, -0.2) is 83.8 Å². The van der Waals surface area contributed by atoms with Gasteiger partial charge in [-0.25, -0.2) is 0 Å². The van der Waals surface area contributed by atoms with Gasteiger partial charge in [0.25, 0.3) is 11.8 Å². The van der Waals surface area contributed by atoms with Gasteiger partial charge in [-0.15, -0.1) is 0 Å². The predicted octanol–water partition coefficient (Wildman–Crippen LogP) is 4.38. The number of carbonyl (C=O) groups excluding carboxylic acids is 2. The number of nitrogens with zero attached hydrogens (tertiary/aromatic N) is 4. The summed E-state index contributed by atoms with van der Waals surface area (Å²) >= 11 is 0. The summed E-state index contributed by atoms with van der Waals surface area (Å²) in [7, 11) is 3.55. The van der Waals surface area contributed by atoms with Crippen molar-refractivity contribution in [2.24, 2.45) is 0 Å². The third-order valence-corrected chi connectivity index (χ3v) is 10.8. The fourth-order valence-corrected chi connectivity index (χ4v) is 8.92. The number of methoxy groups -OCH3 is 1. The Morgan fingerprint density at radius 3 is 2.44 bits per heavy atom. The standard InChI is InChI=1S/C37H36N4O7/c1-6-11-46-33-19(3)34-35(48-17-47-34)29-23(33)14-25-30-28-20(12-18(2)32(45-5)31(28)42)13-24(39(30)4)26(15-38)41(25)27(29)16-40-36(43)21-9-7-8-10-22(21)37(40)44/h6-10,12,24-27,30,42H,1,11,13-14,16-17H2,2-5H3/t24-,25?,26+,27+,30?/m1/s1. The summed E-state index contributed by atoms with van der Waals surface area (Å²) < 4.78 is 24.2. The van der Waals surface area contributed by atoms with Crippen molar-refractivity contribution in [3.8, 4) is 34.8 Å². The van der Waals surface area contributed by atoms with Crippen LogP contribution >= 0.6 is 0 Å². The predicted molar refractivity (Wildman–Crippen MR) is 174 cm³/mol. The van der Waals surface area contributed by atoms with E-state index < -0.39 is 12.1 Å². The molecule has 5 aliphatic heterocycles. The van der Waals surface area contributed by atoms with Crippen molar-refractivity contribution in [2.75, 3.05) is 34.1 Å². The maximum atomic E-state index is 13.8. The van der Waals surface area contributed by atoms with Gasteiger partial charge in [0.15, 0.2) is 23.0 Å². The van der Waals surface area contributed by atoms with Gasteiger partial charge in [-0.2, -0.15) is 5.26 Å². The van der Waals surface area contributed by atoms with Gasteiger partial charge >= 0.3 is 0 Å². The molecule has 1 saturated heterocycles. The lowest BCUT2D eigenvalue weighted by molar-refractivity contribution is -0.0758. The van der Waals surface area contributed by atoms with Crippen molar-refractivity contribution in [1.29, 1.82) is 5.26 Å². The highest BCUT2D eigenvalue weighted by molar-refractivity contribution is 6.21. The van der Waals surface area contributed by atoms with Crippen LogP contribution in [0.5, 0.6) is 28.7 Å². The molecule has 1 N–H and O–H groups in total. The molecule has 11 nitrogen and oxygen atoms in total. The van der Waals surface area contributed by atoms with Gasteiger partial charge in [-0.1, -0.05) is 30.9 Å². The van der Waals surface area contributed by atoms with E-state index in [1.807, 2.05) is 20.9 Å². The fraction of sp³-hybridized carbons (Fsp3) is 0.378. The number of hydrogen-bond acceptors (Lipinski definition) is 10. The molecule has 0 aromatic heterocycles. The number of imide groups is 1. The number of aromatic hydroxyl groups is 1. The highest BCUT2D eigenvalue weighted by Crippen LogP contribution is 2.58. The van der Waals surface area contributed by atoms with E-state index >= 15 is 0 Å². The van der Waals surface area contributed by atoms with Crippen LogP contribution in [0, 0.1) is 25.2 Å². The minimum Gasteiger partial charge on any atom is -0.504 e. The summed E-state index contributed by atoms with van der Waals surface area (Å²) in [6, 6.07) is 9.26. The first-order valence-corrected chi connectivity index (χ1v) is 16.1. The number of ether oxygens (including phenoxy) is 4. The first-order chi connectivity index (χ1) is 23.2. The third-order valence-electron chi connectivity index (χ3n) is 10.8. The monoisotopic (exact) mass is 648 g/mol. The molecule has 8 rings (SSSR count). The lowest BCUT2D eigenvalue weighted by Crippen LogP contribution is -2.68. The molecule has 2 bridgehead atoms. The Morgan fingerprint density at radius 1 is 1.06 bits per heavy atom. The van der Waals surface area contributed by atoms with Crippen molar-refractivity contribution in [3.05, 3.63) is 87.5 Å². The van der Waals surface area contributed by atoms with E-state index in [4.69, 9.17) is 18.9 Å². The molecule has 5 heterocycles. The molecule has 0 spiro atoms. The van der Waals surface area contributed by atoms with Crippen molar-refractivity contribution >= 4 is 11.8 Å². The van der Waals surface area contributed by atoms with E-state index in [0.29, 0.717) is 47.0 Å². The van der Waals surface area contributed by atoms with Gasteiger partial charge in [-0.3, -0.25) is 24.3 Å². The smallest absolute Gasteiger partial charge is 0.261 e. The number of nitriles is 1. The van der Waals surface area contributed by atoms with Crippen LogP contribution in [0.3, 0.4) is 0 Å². The topological polar surface area (TPSA) is 125 Å². The van der Waals surface area contributed by atoms with Crippen LogP contribution in [0.4, 0.5) is 0 Å². The van der Waals surface area contributed by atoms with Crippen molar-refractivity contribution in [2.45, 2.75) is 56.9 Å². The molecule has 11 heteroatoms. The fourth-order valence-electron chi connectivity index (χ4n) is 8.92. The van der Waals surface area contributed by atoms with E-state index in [1.54, 1.807) is 37.5 Å². The number of likely N-dealkylation sites (N-methyl/N-ethyl adjacent to an activating group) is 1. The Kier molecular flexibility index (Phi) is 6.95. The molecular formula is C37H36N4O7. The summed E-state index contributed by atoms with van der Waals surface area (Å²) in [4.78, 5) is 33.3. The SMILES string of the molecule is C=CCOc1c(C)c2c(c3c1CC1C4c5c(cc(C)c(OC)c5O)C[C@H]([C@H](C#N)N1[C@H]3CN1C(=O)c3ccccc3C1=O)N4C)OCO2. The first kappa shape index (κ1) is 30.3. The van der Waals surface area contributed by atoms with Crippen molar-refractivity contribution in [1.82, 2.24) is 14.7 Å². The Hall–Kier alpha value is -5.05. The zero-order valence-electron chi connectivity index (χ0n) is 27.3. The van der Waals surface area contributed by atoms with Gasteiger partial charge in [0.1, 0.15) is 18.4 Å². The van der Waals surface area contributed by atoms with E-state index in [-0.39, 0.29) is 55.6 Å². The summed E-state index contributed by atoms with van der Waals surface area (Å²) in [5.41, 5.74) is 5.65. The molecule has 1 fully saturated rings. The summed E-state index contributed by atoms with van der Waals surface area (Å²) in [5, 5.41) is 22.7.